The highest BCUT2D eigenvalue weighted by atomic mass is 32.2. The molecule has 2 aromatic rings. The molecule has 0 aliphatic rings. The molecule has 0 aliphatic heterocycles. The molecule has 0 saturated heterocycles. The molecule has 28 heavy (non-hydrogen) atoms. The van der Waals surface area contributed by atoms with Crippen molar-refractivity contribution in [2.75, 3.05) is 23.0 Å². The number of carbonyl (C=O) groups excluding carboxylic acids is 3. The average molecular weight is 413 g/mol. The molecule has 0 aliphatic carbocycles. The van der Waals surface area contributed by atoms with Crippen LogP contribution in [0.3, 0.4) is 0 Å². The first-order valence-corrected chi connectivity index (χ1v) is 9.06. The fourth-order valence-electron chi connectivity index (χ4n) is 1.90. The number of aryl methyl sites for hydroxylation is 1. The number of esters is 1. The van der Waals surface area contributed by atoms with E-state index >= 15 is 0 Å². The highest BCUT2D eigenvalue weighted by molar-refractivity contribution is 8.01. The molecular weight excluding hydrogens is 396 g/mol. The third-order valence-electron chi connectivity index (χ3n) is 3.29. The smallest absolute Gasteiger partial charge is 0.316 e. The van der Waals surface area contributed by atoms with Gasteiger partial charge in [-0.05, 0) is 26.0 Å². The van der Waals surface area contributed by atoms with Gasteiger partial charge in [0.15, 0.2) is 12.4 Å². The normalized spacial score (nSPS) is 11.6. The third kappa shape index (κ3) is 6.34. The summed E-state index contributed by atoms with van der Waals surface area (Å²) >= 11 is 0.983. The number of rotatable bonds is 8. The fraction of sp³-hybridized carbons (Fsp3) is 0.294. The van der Waals surface area contributed by atoms with Crippen LogP contribution in [-0.4, -0.2) is 40.6 Å². The molecule has 1 atom stereocenters. The SMILES string of the molecule is Cc1cc(NC(=O)[C@@H](C)SCC(=O)OCC(=O)Nc2c(F)cccc2F)no1. The third-order valence-corrected chi connectivity index (χ3v) is 4.41. The molecule has 11 heteroatoms. The zero-order valence-electron chi connectivity index (χ0n) is 15.0. The van der Waals surface area contributed by atoms with Crippen LogP contribution < -0.4 is 10.6 Å². The maximum absolute atomic E-state index is 13.4. The van der Waals surface area contributed by atoms with Crippen molar-refractivity contribution in [3.05, 3.63) is 41.7 Å². The van der Waals surface area contributed by atoms with E-state index in [-0.39, 0.29) is 17.5 Å². The van der Waals surface area contributed by atoms with Gasteiger partial charge in [0.2, 0.25) is 5.91 Å². The number of hydrogen-bond acceptors (Lipinski definition) is 7. The van der Waals surface area contributed by atoms with E-state index in [1.807, 2.05) is 5.32 Å². The Bertz CT molecular complexity index is 854. The van der Waals surface area contributed by atoms with E-state index in [9.17, 15) is 23.2 Å². The predicted octanol–water partition coefficient (Wildman–Crippen LogP) is 2.50. The van der Waals surface area contributed by atoms with Crippen LogP contribution in [-0.2, 0) is 19.1 Å². The number of ether oxygens (including phenoxy) is 1. The summed E-state index contributed by atoms with van der Waals surface area (Å²) in [5.74, 6) is -3.34. The number of benzene rings is 1. The Morgan fingerprint density at radius 1 is 1.25 bits per heavy atom. The van der Waals surface area contributed by atoms with E-state index in [0.29, 0.717) is 5.76 Å². The molecule has 0 saturated carbocycles. The molecule has 0 radical (unpaired) electrons. The molecule has 2 amide bonds. The molecule has 0 fully saturated rings. The Morgan fingerprint density at radius 3 is 2.54 bits per heavy atom. The zero-order chi connectivity index (χ0) is 20.7. The standard InChI is InChI=1S/C17H17F2N3O5S/c1-9-6-13(22-27-9)20-17(25)10(2)28-8-15(24)26-7-14(23)21-16-11(18)4-3-5-12(16)19/h3-6,10H,7-8H2,1-2H3,(H,21,23)(H,20,22,25)/t10-/m1/s1. The molecular formula is C17H17F2N3O5S. The number of nitrogens with zero attached hydrogens (tertiary/aromatic N) is 1. The summed E-state index contributed by atoms with van der Waals surface area (Å²) in [7, 11) is 0. The monoisotopic (exact) mass is 413 g/mol. The molecule has 0 unspecified atom stereocenters. The van der Waals surface area contributed by atoms with Gasteiger partial charge in [-0.1, -0.05) is 11.2 Å². The van der Waals surface area contributed by atoms with Crippen molar-refractivity contribution < 1.29 is 32.4 Å². The van der Waals surface area contributed by atoms with Crippen LogP contribution in [0.2, 0.25) is 0 Å². The summed E-state index contributed by atoms with van der Waals surface area (Å²) in [6, 6.07) is 4.65. The maximum atomic E-state index is 13.4. The van der Waals surface area contributed by atoms with Gasteiger partial charge in [0.25, 0.3) is 5.91 Å². The first-order valence-electron chi connectivity index (χ1n) is 8.01. The van der Waals surface area contributed by atoms with Crippen molar-refractivity contribution in [3.8, 4) is 0 Å². The Morgan fingerprint density at radius 2 is 1.93 bits per heavy atom. The number of para-hydroxylation sites is 1. The Kier molecular flexibility index (Phi) is 7.50. The van der Waals surface area contributed by atoms with Crippen LogP contribution in [0.1, 0.15) is 12.7 Å². The number of halogens is 2. The number of nitrogens with one attached hydrogen (secondary N) is 2. The highest BCUT2D eigenvalue weighted by Gasteiger charge is 2.18. The first-order chi connectivity index (χ1) is 13.3. The topological polar surface area (TPSA) is 111 Å². The second kappa shape index (κ2) is 9.83. The number of aromatic nitrogens is 1. The second-order valence-electron chi connectivity index (χ2n) is 5.57. The Hall–Kier alpha value is -2.95. The minimum Gasteiger partial charge on any atom is -0.455 e. The molecule has 2 rings (SSSR count). The van der Waals surface area contributed by atoms with Crippen molar-refractivity contribution >= 4 is 41.1 Å². The van der Waals surface area contributed by atoms with E-state index in [4.69, 9.17) is 9.26 Å². The molecule has 1 aromatic carbocycles. The predicted molar refractivity (Wildman–Crippen MR) is 97.7 cm³/mol. The van der Waals surface area contributed by atoms with Crippen molar-refractivity contribution in [2.45, 2.75) is 19.1 Å². The van der Waals surface area contributed by atoms with E-state index in [0.717, 1.165) is 30.0 Å². The van der Waals surface area contributed by atoms with E-state index in [1.54, 1.807) is 19.9 Å². The number of hydrogen-bond donors (Lipinski definition) is 2. The lowest BCUT2D eigenvalue weighted by Crippen LogP contribution is -2.25. The second-order valence-corrected chi connectivity index (χ2v) is 6.90. The summed E-state index contributed by atoms with van der Waals surface area (Å²) in [4.78, 5) is 35.3. The fourth-order valence-corrected chi connectivity index (χ4v) is 2.58. The molecule has 1 aromatic heterocycles. The van der Waals surface area contributed by atoms with Gasteiger partial charge in [-0.2, -0.15) is 0 Å². The zero-order valence-corrected chi connectivity index (χ0v) is 15.8. The van der Waals surface area contributed by atoms with Gasteiger partial charge in [-0.15, -0.1) is 11.8 Å². The molecule has 2 N–H and O–H groups in total. The molecule has 1 heterocycles. The van der Waals surface area contributed by atoms with Crippen LogP contribution >= 0.6 is 11.8 Å². The number of carbonyl (C=O) groups is 3. The molecule has 150 valence electrons. The van der Waals surface area contributed by atoms with Crippen LogP contribution in [0, 0.1) is 18.6 Å². The van der Waals surface area contributed by atoms with E-state index in [1.165, 1.54) is 0 Å². The van der Waals surface area contributed by atoms with Crippen LogP contribution in [0.15, 0.2) is 28.8 Å². The lowest BCUT2D eigenvalue weighted by atomic mass is 10.3. The summed E-state index contributed by atoms with van der Waals surface area (Å²) in [6.45, 7) is 2.54. The number of thioether (sulfide) groups is 1. The van der Waals surface area contributed by atoms with Crippen LogP contribution in [0.5, 0.6) is 0 Å². The quantitative estimate of drug-likeness (QED) is 0.640. The largest absolute Gasteiger partial charge is 0.455 e. The summed E-state index contributed by atoms with van der Waals surface area (Å²) in [5, 5.41) is 7.53. The lowest BCUT2D eigenvalue weighted by Gasteiger charge is -2.10. The summed E-state index contributed by atoms with van der Waals surface area (Å²) in [6.07, 6.45) is 0. The van der Waals surface area contributed by atoms with Gasteiger partial charge in [0.1, 0.15) is 23.1 Å². The summed E-state index contributed by atoms with van der Waals surface area (Å²) < 4.78 is 36.4. The minimum absolute atomic E-state index is 0.201. The molecule has 8 nitrogen and oxygen atoms in total. The van der Waals surface area contributed by atoms with Gasteiger partial charge in [-0.25, -0.2) is 8.78 Å². The molecule has 0 bridgehead atoms. The minimum atomic E-state index is -0.947. The first kappa shape index (κ1) is 21.4. The summed E-state index contributed by atoms with van der Waals surface area (Å²) in [5.41, 5.74) is -0.619. The van der Waals surface area contributed by atoms with Crippen molar-refractivity contribution in [1.82, 2.24) is 5.16 Å². The van der Waals surface area contributed by atoms with Crippen molar-refractivity contribution in [1.29, 1.82) is 0 Å². The average Bonchev–Trinajstić information content (AvgIpc) is 3.05. The Balaban J connectivity index is 1.71. The van der Waals surface area contributed by atoms with Crippen molar-refractivity contribution in [3.63, 3.8) is 0 Å². The van der Waals surface area contributed by atoms with Gasteiger partial charge in [-0.3, -0.25) is 14.4 Å². The highest BCUT2D eigenvalue weighted by Crippen LogP contribution is 2.18. The van der Waals surface area contributed by atoms with Gasteiger partial charge in [0, 0.05) is 6.07 Å². The van der Waals surface area contributed by atoms with Crippen molar-refractivity contribution in [2.24, 2.45) is 0 Å². The van der Waals surface area contributed by atoms with Crippen LogP contribution in [0.25, 0.3) is 0 Å². The number of anilines is 2. The van der Waals surface area contributed by atoms with Crippen LogP contribution in [0.4, 0.5) is 20.3 Å². The van der Waals surface area contributed by atoms with E-state index < -0.39 is 41.1 Å². The maximum Gasteiger partial charge on any atom is 0.316 e. The van der Waals surface area contributed by atoms with Gasteiger partial charge < -0.3 is 19.9 Å². The molecule has 0 spiro atoms. The van der Waals surface area contributed by atoms with E-state index in [2.05, 4.69) is 10.5 Å². The van der Waals surface area contributed by atoms with Gasteiger partial charge >= 0.3 is 5.97 Å². The Labute approximate surface area is 163 Å². The number of amides is 2. The van der Waals surface area contributed by atoms with Gasteiger partial charge in [0.05, 0.1) is 11.0 Å². The lowest BCUT2D eigenvalue weighted by molar-refractivity contribution is -0.144.